The molecule has 0 fully saturated rings. The summed E-state index contributed by atoms with van der Waals surface area (Å²) >= 11 is 1.42. The van der Waals surface area contributed by atoms with Crippen LogP contribution in [0.1, 0.15) is 18.5 Å². The number of benzene rings is 2. The predicted octanol–water partition coefficient (Wildman–Crippen LogP) is 4.00. The van der Waals surface area contributed by atoms with Gasteiger partial charge in [0.15, 0.2) is 0 Å². The molecule has 88 valence electrons. The van der Waals surface area contributed by atoms with Crippen LogP contribution >= 0.6 is 11.8 Å². The predicted molar refractivity (Wildman–Crippen MR) is 69.6 cm³/mol. The number of hydrogen-bond donors (Lipinski definition) is 1. The highest BCUT2D eigenvalue weighted by molar-refractivity contribution is 7.99. The molecule has 0 heterocycles. The molecular weight excluding hydrogens is 233 g/mol. The van der Waals surface area contributed by atoms with E-state index in [1.807, 2.05) is 43.3 Å². The quantitative estimate of drug-likeness (QED) is 0.887. The van der Waals surface area contributed by atoms with E-state index in [-0.39, 0.29) is 11.9 Å². The lowest BCUT2D eigenvalue weighted by Crippen LogP contribution is -2.05. The Morgan fingerprint density at radius 3 is 2.41 bits per heavy atom. The maximum absolute atomic E-state index is 13.8. The first-order chi connectivity index (χ1) is 8.16. The SMILES string of the molecule is CC(N)c1ccc(Sc2ccccc2)c(F)c1. The molecule has 2 aromatic carbocycles. The van der Waals surface area contributed by atoms with Gasteiger partial charge in [-0.1, -0.05) is 36.0 Å². The van der Waals surface area contributed by atoms with Crippen LogP contribution in [-0.4, -0.2) is 0 Å². The van der Waals surface area contributed by atoms with Crippen LogP contribution in [0.4, 0.5) is 4.39 Å². The Kier molecular flexibility index (Phi) is 3.82. The van der Waals surface area contributed by atoms with Gasteiger partial charge in [0.05, 0.1) is 0 Å². The highest BCUT2D eigenvalue weighted by Crippen LogP contribution is 2.30. The van der Waals surface area contributed by atoms with Gasteiger partial charge in [0, 0.05) is 15.8 Å². The minimum atomic E-state index is -0.214. The van der Waals surface area contributed by atoms with Crippen LogP contribution in [0.3, 0.4) is 0 Å². The normalized spacial score (nSPS) is 12.4. The molecule has 17 heavy (non-hydrogen) atoms. The highest BCUT2D eigenvalue weighted by atomic mass is 32.2. The van der Waals surface area contributed by atoms with Gasteiger partial charge < -0.3 is 5.73 Å². The Bertz CT molecular complexity index is 497. The van der Waals surface area contributed by atoms with Crippen LogP contribution in [0.25, 0.3) is 0 Å². The van der Waals surface area contributed by atoms with Crippen molar-refractivity contribution >= 4 is 11.8 Å². The van der Waals surface area contributed by atoms with Crippen molar-refractivity contribution in [3.8, 4) is 0 Å². The molecule has 0 aliphatic rings. The summed E-state index contributed by atoms with van der Waals surface area (Å²) in [6.07, 6.45) is 0. The third kappa shape index (κ3) is 3.08. The van der Waals surface area contributed by atoms with Crippen LogP contribution in [0.2, 0.25) is 0 Å². The zero-order chi connectivity index (χ0) is 12.3. The summed E-state index contributed by atoms with van der Waals surface area (Å²) in [5, 5.41) is 0. The van der Waals surface area contributed by atoms with E-state index < -0.39 is 0 Å². The van der Waals surface area contributed by atoms with Crippen LogP contribution in [-0.2, 0) is 0 Å². The van der Waals surface area contributed by atoms with Gasteiger partial charge in [0.25, 0.3) is 0 Å². The summed E-state index contributed by atoms with van der Waals surface area (Å²) in [6.45, 7) is 1.85. The molecule has 0 saturated carbocycles. The van der Waals surface area contributed by atoms with Gasteiger partial charge in [-0.05, 0) is 36.8 Å². The highest BCUT2D eigenvalue weighted by Gasteiger charge is 2.07. The molecule has 2 rings (SSSR count). The molecule has 2 N–H and O–H groups in total. The topological polar surface area (TPSA) is 26.0 Å². The Morgan fingerprint density at radius 2 is 1.82 bits per heavy atom. The van der Waals surface area contributed by atoms with Gasteiger partial charge in [-0.15, -0.1) is 0 Å². The molecule has 0 amide bonds. The van der Waals surface area contributed by atoms with Gasteiger partial charge >= 0.3 is 0 Å². The molecule has 3 heteroatoms. The Morgan fingerprint density at radius 1 is 1.12 bits per heavy atom. The van der Waals surface area contributed by atoms with Crippen molar-refractivity contribution in [3.05, 3.63) is 59.9 Å². The first-order valence-electron chi connectivity index (χ1n) is 5.45. The molecule has 0 saturated heterocycles. The third-order valence-corrected chi connectivity index (χ3v) is 3.51. The van der Waals surface area contributed by atoms with Crippen molar-refractivity contribution in [1.29, 1.82) is 0 Å². The molecule has 2 aromatic rings. The molecule has 0 aliphatic carbocycles. The lowest BCUT2D eigenvalue weighted by atomic mass is 10.1. The van der Waals surface area contributed by atoms with Crippen molar-refractivity contribution in [2.24, 2.45) is 5.73 Å². The van der Waals surface area contributed by atoms with E-state index in [1.165, 1.54) is 17.8 Å². The van der Waals surface area contributed by atoms with Crippen LogP contribution < -0.4 is 5.73 Å². The van der Waals surface area contributed by atoms with E-state index in [0.717, 1.165) is 10.5 Å². The Balaban J connectivity index is 2.23. The van der Waals surface area contributed by atoms with E-state index in [4.69, 9.17) is 5.73 Å². The average molecular weight is 247 g/mol. The second-order valence-corrected chi connectivity index (χ2v) is 5.01. The Labute approximate surface area is 105 Å². The zero-order valence-corrected chi connectivity index (χ0v) is 10.4. The fourth-order valence-corrected chi connectivity index (χ4v) is 2.34. The van der Waals surface area contributed by atoms with Crippen molar-refractivity contribution in [2.75, 3.05) is 0 Å². The van der Waals surface area contributed by atoms with Crippen molar-refractivity contribution in [1.82, 2.24) is 0 Å². The van der Waals surface area contributed by atoms with E-state index in [9.17, 15) is 4.39 Å². The lowest BCUT2D eigenvalue weighted by molar-refractivity contribution is 0.596. The van der Waals surface area contributed by atoms with E-state index in [1.54, 1.807) is 6.07 Å². The van der Waals surface area contributed by atoms with Crippen molar-refractivity contribution in [3.63, 3.8) is 0 Å². The van der Waals surface area contributed by atoms with E-state index in [2.05, 4.69) is 0 Å². The summed E-state index contributed by atoms with van der Waals surface area (Å²) in [5.74, 6) is -0.214. The monoisotopic (exact) mass is 247 g/mol. The van der Waals surface area contributed by atoms with Crippen LogP contribution in [0.5, 0.6) is 0 Å². The van der Waals surface area contributed by atoms with Gasteiger partial charge in [-0.2, -0.15) is 0 Å². The molecular formula is C14H14FNS. The molecule has 1 nitrogen and oxygen atoms in total. The number of hydrogen-bond acceptors (Lipinski definition) is 2. The molecule has 1 unspecified atom stereocenters. The zero-order valence-electron chi connectivity index (χ0n) is 9.56. The van der Waals surface area contributed by atoms with Crippen molar-refractivity contribution < 1.29 is 4.39 Å². The largest absolute Gasteiger partial charge is 0.324 e. The molecule has 0 radical (unpaired) electrons. The number of halogens is 1. The first kappa shape index (κ1) is 12.1. The molecule has 1 atom stereocenters. The van der Waals surface area contributed by atoms with Gasteiger partial charge in [-0.25, -0.2) is 4.39 Å². The lowest BCUT2D eigenvalue weighted by Gasteiger charge is -2.08. The second kappa shape index (κ2) is 5.34. The van der Waals surface area contributed by atoms with E-state index >= 15 is 0 Å². The fourth-order valence-electron chi connectivity index (χ4n) is 1.50. The molecule has 0 spiro atoms. The summed E-state index contributed by atoms with van der Waals surface area (Å²) in [4.78, 5) is 1.65. The smallest absolute Gasteiger partial charge is 0.137 e. The van der Waals surface area contributed by atoms with Gasteiger partial charge in [0.1, 0.15) is 5.82 Å². The van der Waals surface area contributed by atoms with Crippen molar-refractivity contribution in [2.45, 2.75) is 22.8 Å². The molecule has 0 aromatic heterocycles. The first-order valence-corrected chi connectivity index (χ1v) is 6.26. The van der Waals surface area contributed by atoms with Crippen LogP contribution in [0, 0.1) is 5.82 Å². The van der Waals surface area contributed by atoms with E-state index in [0.29, 0.717) is 4.90 Å². The summed E-state index contributed by atoms with van der Waals surface area (Å²) in [6, 6.07) is 14.8. The van der Waals surface area contributed by atoms with Gasteiger partial charge in [0.2, 0.25) is 0 Å². The number of nitrogens with two attached hydrogens (primary N) is 1. The summed E-state index contributed by atoms with van der Waals surface area (Å²) < 4.78 is 13.8. The molecule has 0 bridgehead atoms. The summed E-state index contributed by atoms with van der Waals surface area (Å²) in [7, 11) is 0. The van der Waals surface area contributed by atoms with Crippen LogP contribution in [0.15, 0.2) is 58.3 Å². The number of rotatable bonds is 3. The van der Waals surface area contributed by atoms with Gasteiger partial charge in [-0.3, -0.25) is 0 Å². The minimum Gasteiger partial charge on any atom is -0.324 e. The maximum Gasteiger partial charge on any atom is 0.137 e. The second-order valence-electron chi connectivity index (χ2n) is 3.89. The minimum absolute atomic E-state index is 0.139. The standard InChI is InChI=1S/C14H14FNS/c1-10(16)11-7-8-14(13(15)9-11)17-12-5-3-2-4-6-12/h2-10H,16H2,1H3. The average Bonchev–Trinajstić information content (AvgIpc) is 2.33. The molecule has 0 aliphatic heterocycles. The Hall–Kier alpha value is -1.32. The fraction of sp³-hybridized carbons (Fsp3) is 0.143. The maximum atomic E-state index is 13.8. The summed E-state index contributed by atoms with van der Waals surface area (Å²) in [5.41, 5.74) is 6.53. The third-order valence-electron chi connectivity index (χ3n) is 2.45.